The van der Waals surface area contributed by atoms with Gasteiger partial charge in [-0.3, -0.25) is 0 Å². The van der Waals surface area contributed by atoms with Crippen LogP contribution in [0.1, 0.15) is 0 Å². The van der Waals surface area contributed by atoms with Gasteiger partial charge >= 0.3 is 6.36 Å². The number of halogens is 4. The molecule has 2 nitrogen and oxygen atoms in total. The van der Waals surface area contributed by atoms with Crippen molar-refractivity contribution in [2.45, 2.75) is 6.36 Å². The third-order valence-electron chi connectivity index (χ3n) is 1.96. The van der Waals surface area contributed by atoms with Gasteiger partial charge in [-0.05, 0) is 30.3 Å². The predicted octanol–water partition coefficient (Wildman–Crippen LogP) is 4.50. The van der Waals surface area contributed by atoms with E-state index >= 15 is 0 Å². The third kappa shape index (κ3) is 2.94. The molecule has 0 amide bonds. The van der Waals surface area contributed by atoms with E-state index in [2.05, 4.69) is 4.74 Å². The van der Waals surface area contributed by atoms with Crippen LogP contribution in [-0.2, 0) is 0 Å². The molecule has 0 radical (unpaired) electrons. The normalized spacial score (nSPS) is 11.5. The van der Waals surface area contributed by atoms with Gasteiger partial charge < -0.3 is 9.15 Å². The van der Waals surface area contributed by atoms with E-state index in [0.29, 0.717) is 11.3 Å². The van der Waals surface area contributed by atoms with Crippen molar-refractivity contribution in [1.82, 2.24) is 0 Å². The predicted molar refractivity (Wildman–Crippen MR) is 55.8 cm³/mol. The van der Waals surface area contributed by atoms with Crippen molar-refractivity contribution in [2.75, 3.05) is 0 Å². The van der Waals surface area contributed by atoms with Crippen molar-refractivity contribution < 1.29 is 22.3 Å². The summed E-state index contributed by atoms with van der Waals surface area (Å²) in [6.45, 7) is 0. The Morgan fingerprint density at radius 2 is 1.94 bits per heavy atom. The lowest BCUT2D eigenvalue weighted by Gasteiger charge is -2.09. The third-order valence-corrected chi connectivity index (χ3v) is 2.27. The molecule has 1 heterocycles. The Labute approximate surface area is 99.6 Å². The quantitative estimate of drug-likeness (QED) is 0.795. The first-order chi connectivity index (χ1) is 7.96. The van der Waals surface area contributed by atoms with E-state index in [-0.39, 0.29) is 10.8 Å². The summed E-state index contributed by atoms with van der Waals surface area (Å²) < 4.78 is 44.7. The van der Waals surface area contributed by atoms with Gasteiger partial charge in [0.25, 0.3) is 0 Å². The highest BCUT2D eigenvalue weighted by molar-refractivity contribution is 6.33. The minimum atomic E-state index is -4.73. The summed E-state index contributed by atoms with van der Waals surface area (Å²) in [5.74, 6) is 0.117. The Morgan fingerprint density at radius 3 is 2.47 bits per heavy atom. The average molecular weight is 263 g/mol. The average Bonchev–Trinajstić information content (AvgIpc) is 2.68. The van der Waals surface area contributed by atoms with Gasteiger partial charge in [0.15, 0.2) is 0 Å². The molecule has 1 aromatic carbocycles. The highest BCUT2D eigenvalue weighted by Gasteiger charge is 2.31. The maximum absolute atomic E-state index is 12.0. The lowest BCUT2D eigenvalue weighted by molar-refractivity contribution is -0.274. The van der Waals surface area contributed by atoms with E-state index in [1.165, 1.54) is 18.4 Å². The van der Waals surface area contributed by atoms with Crippen LogP contribution in [0.3, 0.4) is 0 Å². The number of hydrogen-bond donors (Lipinski definition) is 0. The van der Waals surface area contributed by atoms with Gasteiger partial charge in [0.1, 0.15) is 11.5 Å². The van der Waals surface area contributed by atoms with Gasteiger partial charge in [-0.15, -0.1) is 13.2 Å². The molecule has 0 spiro atoms. The second-order valence-electron chi connectivity index (χ2n) is 3.17. The van der Waals surface area contributed by atoms with Gasteiger partial charge in [0, 0.05) is 5.56 Å². The van der Waals surface area contributed by atoms with Crippen LogP contribution in [0.5, 0.6) is 5.75 Å². The number of furan rings is 1. The highest BCUT2D eigenvalue weighted by atomic mass is 35.5. The summed E-state index contributed by atoms with van der Waals surface area (Å²) in [5.41, 5.74) is 0.506. The van der Waals surface area contributed by atoms with E-state index in [9.17, 15) is 13.2 Å². The number of alkyl halides is 3. The van der Waals surface area contributed by atoms with Crippen LogP contribution in [0.4, 0.5) is 13.2 Å². The molecule has 2 aromatic rings. The number of benzene rings is 1. The molecule has 0 saturated carbocycles. The second-order valence-corrected chi connectivity index (χ2v) is 3.57. The maximum atomic E-state index is 12.0. The minimum Gasteiger partial charge on any atom is -0.464 e. The molecular formula is C11H6ClF3O2. The van der Waals surface area contributed by atoms with Crippen LogP contribution in [0.2, 0.25) is 5.02 Å². The van der Waals surface area contributed by atoms with Crippen LogP contribution in [0.15, 0.2) is 41.0 Å². The molecular weight excluding hydrogens is 257 g/mol. The maximum Gasteiger partial charge on any atom is 0.573 e. The molecule has 0 aliphatic rings. The number of hydrogen-bond acceptors (Lipinski definition) is 2. The fourth-order valence-corrected chi connectivity index (χ4v) is 1.59. The van der Waals surface area contributed by atoms with E-state index < -0.39 is 6.36 Å². The standard InChI is InChI=1S/C11H6ClF3O2/c12-9-6-7(17-11(13,14)15)3-4-8(9)10-2-1-5-16-10/h1-6H. The molecule has 0 aliphatic carbocycles. The summed E-state index contributed by atoms with van der Waals surface area (Å²) >= 11 is 5.84. The van der Waals surface area contributed by atoms with Crippen LogP contribution in [0.25, 0.3) is 11.3 Å². The van der Waals surface area contributed by atoms with Gasteiger partial charge in [-0.25, -0.2) is 0 Å². The summed E-state index contributed by atoms with van der Waals surface area (Å²) in [7, 11) is 0. The van der Waals surface area contributed by atoms with Crippen molar-refractivity contribution in [3.8, 4) is 17.1 Å². The zero-order valence-electron chi connectivity index (χ0n) is 8.29. The van der Waals surface area contributed by atoms with Crippen molar-refractivity contribution in [3.63, 3.8) is 0 Å². The van der Waals surface area contributed by atoms with Crippen molar-refractivity contribution in [1.29, 1.82) is 0 Å². The van der Waals surface area contributed by atoms with Crippen molar-refractivity contribution in [3.05, 3.63) is 41.6 Å². The van der Waals surface area contributed by atoms with Crippen LogP contribution in [0, 0.1) is 0 Å². The molecule has 17 heavy (non-hydrogen) atoms. The van der Waals surface area contributed by atoms with Crippen molar-refractivity contribution in [2.24, 2.45) is 0 Å². The largest absolute Gasteiger partial charge is 0.573 e. The lowest BCUT2D eigenvalue weighted by Crippen LogP contribution is -2.17. The monoisotopic (exact) mass is 262 g/mol. The molecule has 0 bridgehead atoms. The van der Waals surface area contributed by atoms with E-state index in [1.54, 1.807) is 12.1 Å². The van der Waals surface area contributed by atoms with Crippen molar-refractivity contribution >= 4 is 11.6 Å². The van der Waals surface area contributed by atoms with Crippen LogP contribution >= 0.6 is 11.6 Å². The molecule has 1 aromatic heterocycles. The summed E-state index contributed by atoms with van der Waals surface area (Å²) in [6.07, 6.45) is -3.28. The Kier molecular flexibility index (Phi) is 3.02. The zero-order valence-corrected chi connectivity index (χ0v) is 9.05. The Hall–Kier alpha value is -1.62. The Balaban J connectivity index is 2.30. The van der Waals surface area contributed by atoms with E-state index in [1.807, 2.05) is 0 Å². The first kappa shape index (κ1) is 11.9. The first-order valence-corrected chi connectivity index (χ1v) is 4.93. The topological polar surface area (TPSA) is 22.4 Å². The van der Waals surface area contributed by atoms with Gasteiger partial charge in [-0.2, -0.15) is 0 Å². The number of rotatable bonds is 2. The molecule has 0 fully saturated rings. The summed E-state index contributed by atoms with van der Waals surface area (Å²) in [4.78, 5) is 0. The van der Waals surface area contributed by atoms with Crippen LogP contribution < -0.4 is 4.74 Å². The first-order valence-electron chi connectivity index (χ1n) is 4.55. The SMILES string of the molecule is FC(F)(F)Oc1ccc(-c2ccco2)c(Cl)c1. The molecule has 6 heteroatoms. The molecule has 0 aliphatic heterocycles. The fraction of sp³-hybridized carbons (Fsp3) is 0.0909. The van der Waals surface area contributed by atoms with E-state index in [0.717, 1.165) is 6.07 Å². The van der Waals surface area contributed by atoms with Crippen LogP contribution in [-0.4, -0.2) is 6.36 Å². The highest BCUT2D eigenvalue weighted by Crippen LogP contribution is 2.33. The fourth-order valence-electron chi connectivity index (χ4n) is 1.32. The molecule has 0 unspecified atom stereocenters. The molecule has 0 atom stereocenters. The molecule has 0 N–H and O–H groups in total. The molecule has 2 rings (SSSR count). The Bertz CT molecular complexity index is 506. The van der Waals surface area contributed by atoms with E-state index in [4.69, 9.17) is 16.0 Å². The zero-order chi connectivity index (χ0) is 12.5. The summed E-state index contributed by atoms with van der Waals surface area (Å²) in [6, 6.07) is 6.99. The summed E-state index contributed by atoms with van der Waals surface area (Å²) in [5, 5.41) is 0.127. The molecule has 90 valence electrons. The van der Waals surface area contributed by atoms with Gasteiger partial charge in [0.2, 0.25) is 0 Å². The van der Waals surface area contributed by atoms with Gasteiger partial charge in [-0.1, -0.05) is 11.6 Å². The smallest absolute Gasteiger partial charge is 0.464 e. The number of ether oxygens (including phenoxy) is 1. The minimum absolute atomic E-state index is 0.127. The second kappa shape index (κ2) is 4.33. The molecule has 0 saturated heterocycles. The van der Waals surface area contributed by atoms with Gasteiger partial charge in [0.05, 0.1) is 11.3 Å². The Morgan fingerprint density at radius 1 is 1.18 bits per heavy atom. The lowest BCUT2D eigenvalue weighted by atomic mass is 10.1.